The number of Topliss-reactive ketones (excluding diaryl/α,β-unsaturated/α-hetero) is 1. The smallest absolute Gasteiger partial charge is 0.410 e. The number of nitrogens with zero attached hydrogens (tertiary/aromatic N) is 1. The van der Waals surface area contributed by atoms with Crippen molar-refractivity contribution in [3.8, 4) is 5.75 Å². The Bertz CT molecular complexity index is 1960. The van der Waals surface area contributed by atoms with Crippen molar-refractivity contribution in [1.82, 2.24) is 15.5 Å². The summed E-state index contributed by atoms with van der Waals surface area (Å²) in [5, 5.41) is 17.2. The van der Waals surface area contributed by atoms with Gasteiger partial charge in [0.15, 0.2) is 5.78 Å². The minimum absolute atomic E-state index is 0.0273. The average Bonchev–Trinajstić information content (AvgIpc) is 3.09. The number of ketones is 1. The Labute approximate surface area is 312 Å². The third-order valence-corrected chi connectivity index (χ3v) is 8.31. The normalized spacial score (nSPS) is 12.9. The Morgan fingerprint density at radius 2 is 1.37 bits per heavy atom. The third kappa shape index (κ3) is 11.9. The quantitative estimate of drug-likeness (QED) is 0.119. The number of aliphatic hydroxyl groups is 1. The molecule has 54 heavy (non-hydrogen) atoms. The van der Waals surface area contributed by atoms with Crippen LogP contribution in [0.4, 0.5) is 18.0 Å². The van der Waals surface area contributed by atoms with Crippen LogP contribution >= 0.6 is 0 Å². The summed E-state index contributed by atoms with van der Waals surface area (Å²) in [6.45, 7) is 7.56. The van der Waals surface area contributed by atoms with Crippen LogP contribution in [0.1, 0.15) is 88.4 Å². The van der Waals surface area contributed by atoms with E-state index in [1.807, 2.05) is 0 Å². The molecule has 4 aromatic carbocycles. The van der Waals surface area contributed by atoms with E-state index in [-0.39, 0.29) is 35.2 Å². The minimum Gasteiger partial charge on any atom is -0.497 e. The van der Waals surface area contributed by atoms with Gasteiger partial charge in [0, 0.05) is 29.3 Å². The van der Waals surface area contributed by atoms with Gasteiger partial charge in [-0.15, -0.1) is 0 Å². The Morgan fingerprint density at radius 3 is 1.94 bits per heavy atom. The number of nitrogens with one attached hydrogen (secondary N) is 2. The summed E-state index contributed by atoms with van der Waals surface area (Å²) in [7, 11) is 1.49. The molecule has 0 saturated carbocycles. The average molecular weight is 748 g/mol. The molecule has 0 spiro atoms. The van der Waals surface area contributed by atoms with Gasteiger partial charge in [-0.05, 0) is 112 Å². The molecule has 3 amide bonds. The highest BCUT2D eigenvalue weighted by Gasteiger charge is 2.30. The molecule has 3 N–H and O–H groups in total. The molecule has 0 aliphatic heterocycles. The number of benzene rings is 4. The fourth-order valence-electron chi connectivity index (χ4n) is 5.60. The number of amides is 3. The van der Waals surface area contributed by atoms with Crippen LogP contribution in [-0.2, 0) is 17.7 Å². The first-order chi connectivity index (χ1) is 25.4. The molecule has 0 fully saturated rings. The van der Waals surface area contributed by atoms with E-state index in [0.29, 0.717) is 22.9 Å². The van der Waals surface area contributed by atoms with Gasteiger partial charge < -0.3 is 30.1 Å². The zero-order valence-corrected chi connectivity index (χ0v) is 30.9. The number of rotatable bonds is 14. The molecule has 0 saturated heterocycles. The SMILES string of the molecule is COc1cccc(CN(C[C@@H](O)[C@H](Cc2cc(F)cc(F)c2)NC(=O)c2cc(C(C)=O)cc(C(=O)NC(C)c3ccc(F)cc3)c2)C(=O)OC(C)(C)C)c1. The molecule has 1 unspecified atom stereocenters. The Balaban J connectivity index is 1.66. The Morgan fingerprint density at radius 1 is 0.778 bits per heavy atom. The summed E-state index contributed by atoms with van der Waals surface area (Å²) in [4.78, 5) is 54.5. The van der Waals surface area contributed by atoms with Crippen molar-refractivity contribution in [2.45, 2.75) is 71.4 Å². The Kier molecular flexibility index (Phi) is 13.6. The molecule has 3 atom stereocenters. The molecule has 0 heterocycles. The number of ether oxygens (including phenoxy) is 2. The second-order valence-corrected chi connectivity index (χ2v) is 13.9. The lowest BCUT2D eigenvalue weighted by Crippen LogP contribution is -2.51. The highest BCUT2D eigenvalue weighted by Crippen LogP contribution is 2.21. The molecule has 4 rings (SSSR count). The number of hydrogen-bond acceptors (Lipinski definition) is 7. The summed E-state index contributed by atoms with van der Waals surface area (Å²) < 4.78 is 52.9. The Hall–Kier alpha value is -5.69. The summed E-state index contributed by atoms with van der Waals surface area (Å²) in [5.74, 6) is -3.56. The van der Waals surface area contributed by atoms with Gasteiger partial charge in [0.1, 0.15) is 28.8 Å². The maximum Gasteiger partial charge on any atom is 0.410 e. The highest BCUT2D eigenvalue weighted by molar-refractivity contribution is 6.04. The van der Waals surface area contributed by atoms with Crippen molar-refractivity contribution in [3.63, 3.8) is 0 Å². The van der Waals surface area contributed by atoms with Crippen molar-refractivity contribution in [2.24, 2.45) is 0 Å². The van der Waals surface area contributed by atoms with Gasteiger partial charge in [-0.1, -0.05) is 24.3 Å². The first kappa shape index (κ1) is 41.1. The highest BCUT2D eigenvalue weighted by atomic mass is 19.1. The van der Waals surface area contributed by atoms with Gasteiger partial charge in [0.25, 0.3) is 11.8 Å². The van der Waals surface area contributed by atoms with Crippen LogP contribution in [-0.4, -0.2) is 65.1 Å². The van der Waals surface area contributed by atoms with Gasteiger partial charge in [-0.3, -0.25) is 14.4 Å². The molecule has 13 heteroatoms. The molecule has 0 bridgehead atoms. The lowest BCUT2D eigenvalue weighted by molar-refractivity contribution is 0.00836. The van der Waals surface area contributed by atoms with E-state index >= 15 is 0 Å². The minimum atomic E-state index is -1.53. The van der Waals surface area contributed by atoms with E-state index in [4.69, 9.17) is 9.47 Å². The maximum atomic E-state index is 14.3. The third-order valence-electron chi connectivity index (χ3n) is 8.31. The molecular weight excluding hydrogens is 703 g/mol. The number of hydrogen-bond donors (Lipinski definition) is 3. The second-order valence-electron chi connectivity index (χ2n) is 13.9. The van der Waals surface area contributed by atoms with Crippen LogP contribution in [0, 0.1) is 17.5 Å². The number of methoxy groups -OCH3 is 1. The molecule has 0 aliphatic carbocycles. The fourth-order valence-corrected chi connectivity index (χ4v) is 5.60. The molecule has 0 aromatic heterocycles. The predicted molar refractivity (Wildman–Crippen MR) is 196 cm³/mol. The van der Waals surface area contributed by atoms with Crippen molar-refractivity contribution in [3.05, 3.63) is 136 Å². The monoisotopic (exact) mass is 747 g/mol. The summed E-state index contributed by atoms with van der Waals surface area (Å²) in [6.07, 6.45) is -2.59. The lowest BCUT2D eigenvalue weighted by Gasteiger charge is -2.32. The van der Waals surface area contributed by atoms with Crippen LogP contribution in [0.3, 0.4) is 0 Å². The van der Waals surface area contributed by atoms with E-state index in [1.54, 1.807) is 52.0 Å². The summed E-state index contributed by atoms with van der Waals surface area (Å²) in [6, 6.07) is 17.3. The van der Waals surface area contributed by atoms with Gasteiger partial charge in [0.2, 0.25) is 0 Å². The zero-order chi connectivity index (χ0) is 39.7. The van der Waals surface area contributed by atoms with Crippen LogP contribution in [0.25, 0.3) is 0 Å². The van der Waals surface area contributed by atoms with Gasteiger partial charge in [0.05, 0.1) is 31.8 Å². The van der Waals surface area contributed by atoms with E-state index in [1.165, 1.54) is 61.4 Å². The van der Waals surface area contributed by atoms with Crippen molar-refractivity contribution in [1.29, 1.82) is 0 Å². The van der Waals surface area contributed by atoms with E-state index in [9.17, 15) is 37.5 Å². The van der Waals surface area contributed by atoms with Crippen molar-refractivity contribution < 1.29 is 46.9 Å². The van der Waals surface area contributed by atoms with E-state index in [2.05, 4.69) is 10.6 Å². The fraction of sp³-hybridized carbons (Fsp3) is 0.317. The van der Waals surface area contributed by atoms with Crippen LogP contribution in [0.2, 0.25) is 0 Å². The first-order valence-electron chi connectivity index (χ1n) is 17.2. The second kappa shape index (κ2) is 17.9. The van der Waals surface area contributed by atoms with Crippen molar-refractivity contribution >= 4 is 23.7 Å². The lowest BCUT2D eigenvalue weighted by atomic mass is 9.98. The van der Waals surface area contributed by atoms with Crippen LogP contribution in [0.15, 0.2) is 84.9 Å². The molecule has 4 aromatic rings. The topological polar surface area (TPSA) is 134 Å². The number of carbonyl (C=O) groups excluding carboxylic acids is 4. The zero-order valence-electron chi connectivity index (χ0n) is 30.9. The number of carbonyl (C=O) groups is 4. The summed E-state index contributed by atoms with van der Waals surface area (Å²) in [5.41, 5.74) is 0.348. The van der Waals surface area contributed by atoms with Crippen LogP contribution in [0.5, 0.6) is 5.75 Å². The number of halogens is 3. The maximum absolute atomic E-state index is 14.3. The van der Waals surface area contributed by atoms with Gasteiger partial charge >= 0.3 is 6.09 Å². The van der Waals surface area contributed by atoms with E-state index < -0.39 is 71.5 Å². The first-order valence-corrected chi connectivity index (χ1v) is 17.2. The largest absolute Gasteiger partial charge is 0.497 e. The number of aliphatic hydroxyl groups excluding tert-OH is 1. The van der Waals surface area contributed by atoms with Crippen molar-refractivity contribution in [2.75, 3.05) is 13.7 Å². The van der Waals surface area contributed by atoms with Gasteiger partial charge in [-0.2, -0.15) is 0 Å². The van der Waals surface area contributed by atoms with Gasteiger partial charge in [-0.25, -0.2) is 18.0 Å². The molecular formula is C41H44F3N3O7. The molecule has 0 radical (unpaired) electrons. The standard InChI is InChI=1S/C41H44F3N3O7/c1-24(28-10-12-32(42)13-11-28)45-38(50)30-18-29(25(2)48)19-31(20-30)39(51)46-36(17-27-14-33(43)21-34(44)15-27)37(49)23-47(40(52)54-41(3,4)5)22-26-8-7-9-35(16-26)53-6/h7-16,18-21,24,36-37,49H,17,22-23H2,1-6H3,(H,45,50)(H,46,51)/t24?,36-,37+/m0/s1. The molecule has 10 nitrogen and oxygen atoms in total. The summed E-state index contributed by atoms with van der Waals surface area (Å²) >= 11 is 0. The molecule has 0 aliphatic rings. The van der Waals surface area contributed by atoms with E-state index in [0.717, 1.165) is 12.1 Å². The predicted octanol–water partition coefficient (Wildman–Crippen LogP) is 6.95. The van der Waals surface area contributed by atoms with Crippen LogP contribution < -0.4 is 15.4 Å². The molecule has 286 valence electrons.